The van der Waals surface area contributed by atoms with Gasteiger partial charge in [0.1, 0.15) is 5.82 Å². The average molecular weight is 416 g/mol. The van der Waals surface area contributed by atoms with Crippen LogP contribution < -0.4 is 10.6 Å². The lowest BCUT2D eigenvalue weighted by Gasteiger charge is -2.22. The van der Waals surface area contributed by atoms with Crippen LogP contribution in [0, 0.1) is 5.82 Å². The van der Waals surface area contributed by atoms with Crippen LogP contribution >= 0.6 is 35.6 Å². The van der Waals surface area contributed by atoms with Crippen molar-refractivity contribution in [2.75, 3.05) is 11.9 Å². The van der Waals surface area contributed by atoms with Crippen LogP contribution in [0.2, 0.25) is 10.0 Å². The van der Waals surface area contributed by atoms with E-state index in [9.17, 15) is 9.18 Å². The zero-order valence-corrected chi connectivity index (χ0v) is 16.2. The number of benzene rings is 2. The van der Waals surface area contributed by atoms with Gasteiger partial charge in [0.15, 0.2) is 0 Å². The maximum atomic E-state index is 14.8. The maximum absolute atomic E-state index is 14.8. The Bertz CT molecular complexity index is 848. The number of hydrogen-bond donors (Lipinski definition) is 2. The van der Waals surface area contributed by atoms with Gasteiger partial charge in [-0.05, 0) is 55.1 Å². The van der Waals surface area contributed by atoms with Crippen molar-refractivity contribution in [1.29, 1.82) is 0 Å². The topological polar surface area (TPSA) is 41.1 Å². The summed E-state index contributed by atoms with van der Waals surface area (Å²) in [5.74, 6) is -0.594. The molecule has 0 bridgehead atoms. The van der Waals surface area contributed by atoms with E-state index in [1.165, 1.54) is 0 Å². The molecule has 26 heavy (non-hydrogen) atoms. The molecule has 1 heterocycles. The minimum atomic E-state index is -0.765. The molecule has 3 nitrogen and oxygen atoms in total. The fraction of sp³-hybridized carbons (Fsp3) is 0.316. The highest BCUT2D eigenvalue weighted by atomic mass is 35.5. The number of fused-ring (bicyclic) bond motifs is 1. The van der Waals surface area contributed by atoms with Gasteiger partial charge in [-0.25, -0.2) is 4.39 Å². The molecule has 0 atom stereocenters. The van der Waals surface area contributed by atoms with Crippen molar-refractivity contribution in [3.63, 3.8) is 0 Å². The quantitative estimate of drug-likeness (QED) is 0.751. The number of rotatable bonds is 3. The first-order valence-electron chi connectivity index (χ1n) is 8.30. The lowest BCUT2D eigenvalue weighted by molar-refractivity contribution is -0.118. The van der Waals surface area contributed by atoms with E-state index in [2.05, 4.69) is 10.6 Å². The number of amides is 1. The fourth-order valence-corrected chi connectivity index (χ4v) is 4.30. The molecule has 138 valence electrons. The number of carbonyl (C=O) groups excluding carboxylic acids is 1. The molecule has 0 aromatic heterocycles. The van der Waals surface area contributed by atoms with Crippen molar-refractivity contribution in [1.82, 2.24) is 5.32 Å². The SMILES string of the molecule is Cl.O=C(Nc1ccc2c(c1F)CCNC2)C1(c2c(Cl)cccc2Cl)CC1. The van der Waals surface area contributed by atoms with Crippen LogP contribution in [-0.4, -0.2) is 12.5 Å². The first-order chi connectivity index (χ1) is 12.0. The number of nitrogens with one attached hydrogen (secondary N) is 2. The molecule has 1 saturated carbocycles. The first-order valence-corrected chi connectivity index (χ1v) is 9.05. The summed E-state index contributed by atoms with van der Waals surface area (Å²) >= 11 is 12.6. The Hall–Kier alpha value is -1.33. The van der Waals surface area contributed by atoms with E-state index in [1.54, 1.807) is 24.3 Å². The van der Waals surface area contributed by atoms with E-state index in [4.69, 9.17) is 23.2 Å². The summed E-state index contributed by atoms with van der Waals surface area (Å²) in [6.07, 6.45) is 1.92. The summed E-state index contributed by atoms with van der Waals surface area (Å²) in [5, 5.41) is 6.92. The smallest absolute Gasteiger partial charge is 0.235 e. The zero-order valence-electron chi connectivity index (χ0n) is 13.9. The molecule has 4 rings (SSSR count). The molecule has 0 spiro atoms. The normalized spacial score (nSPS) is 17.0. The van der Waals surface area contributed by atoms with Gasteiger partial charge < -0.3 is 10.6 Å². The first kappa shape index (κ1) is 19.4. The van der Waals surface area contributed by atoms with Crippen LogP contribution in [0.15, 0.2) is 30.3 Å². The Labute approximate surface area is 167 Å². The molecule has 1 aliphatic heterocycles. The Morgan fingerprint density at radius 1 is 1.15 bits per heavy atom. The van der Waals surface area contributed by atoms with Crippen LogP contribution in [0.3, 0.4) is 0 Å². The molecule has 2 aromatic rings. The minimum Gasteiger partial charge on any atom is -0.323 e. The van der Waals surface area contributed by atoms with Crippen LogP contribution in [0.5, 0.6) is 0 Å². The van der Waals surface area contributed by atoms with E-state index in [1.807, 2.05) is 6.07 Å². The van der Waals surface area contributed by atoms with Crippen molar-refractivity contribution in [3.8, 4) is 0 Å². The highest BCUT2D eigenvalue weighted by Crippen LogP contribution is 2.53. The molecule has 0 unspecified atom stereocenters. The molecule has 1 amide bonds. The van der Waals surface area contributed by atoms with Gasteiger partial charge >= 0.3 is 0 Å². The largest absolute Gasteiger partial charge is 0.323 e. The standard InChI is InChI=1S/C19H17Cl2FN2O.ClH/c20-13-2-1-3-14(21)16(13)19(7-8-19)18(25)24-15-5-4-11-10-23-9-6-12(11)17(15)22;/h1-5,23H,6-10H2,(H,24,25);1H. The summed E-state index contributed by atoms with van der Waals surface area (Å²) in [5.41, 5.74) is 1.71. The molecule has 1 aliphatic carbocycles. The van der Waals surface area contributed by atoms with Crippen molar-refractivity contribution in [2.45, 2.75) is 31.2 Å². The van der Waals surface area contributed by atoms with Crippen LogP contribution in [0.4, 0.5) is 10.1 Å². The lowest BCUT2D eigenvalue weighted by Crippen LogP contribution is -2.30. The highest BCUT2D eigenvalue weighted by Gasteiger charge is 2.53. The van der Waals surface area contributed by atoms with Gasteiger partial charge in [-0.2, -0.15) is 0 Å². The third-order valence-corrected chi connectivity index (χ3v) is 5.71. The van der Waals surface area contributed by atoms with Crippen molar-refractivity contribution < 1.29 is 9.18 Å². The van der Waals surface area contributed by atoms with Crippen LogP contribution in [0.1, 0.15) is 29.5 Å². The van der Waals surface area contributed by atoms with Gasteiger partial charge in [0.25, 0.3) is 0 Å². The summed E-state index contributed by atoms with van der Waals surface area (Å²) in [7, 11) is 0. The van der Waals surface area contributed by atoms with E-state index in [0.717, 1.165) is 12.1 Å². The summed E-state index contributed by atoms with van der Waals surface area (Å²) in [6.45, 7) is 1.39. The molecule has 2 N–H and O–H groups in total. The summed E-state index contributed by atoms with van der Waals surface area (Å²) < 4.78 is 14.8. The molecule has 2 aromatic carbocycles. The maximum Gasteiger partial charge on any atom is 0.235 e. The monoisotopic (exact) mass is 414 g/mol. The Balaban J connectivity index is 0.00000196. The molecule has 0 radical (unpaired) electrons. The van der Waals surface area contributed by atoms with Gasteiger partial charge in [0.05, 0.1) is 11.1 Å². The molecular weight excluding hydrogens is 398 g/mol. The molecule has 1 fully saturated rings. The average Bonchev–Trinajstić information content (AvgIpc) is 3.39. The lowest BCUT2D eigenvalue weighted by atomic mass is 9.94. The van der Waals surface area contributed by atoms with Gasteiger partial charge in [-0.3, -0.25) is 4.79 Å². The molecule has 0 saturated heterocycles. The van der Waals surface area contributed by atoms with Gasteiger partial charge in [-0.15, -0.1) is 12.4 Å². The predicted octanol–water partition coefficient (Wildman–Crippen LogP) is 4.87. The molecule has 2 aliphatic rings. The second kappa shape index (κ2) is 7.35. The molecular formula is C19H18Cl3FN2O. The number of hydrogen-bond acceptors (Lipinski definition) is 2. The minimum absolute atomic E-state index is 0. The molecule has 7 heteroatoms. The third-order valence-electron chi connectivity index (χ3n) is 5.08. The third kappa shape index (κ3) is 3.20. The Morgan fingerprint density at radius 2 is 1.85 bits per heavy atom. The number of anilines is 1. The predicted molar refractivity (Wildman–Crippen MR) is 105 cm³/mol. The zero-order chi connectivity index (χ0) is 17.6. The second-order valence-corrected chi connectivity index (χ2v) is 7.44. The number of carbonyl (C=O) groups is 1. The van der Waals surface area contributed by atoms with Gasteiger partial charge in [0, 0.05) is 22.2 Å². The van der Waals surface area contributed by atoms with Gasteiger partial charge in [0.2, 0.25) is 5.91 Å². The van der Waals surface area contributed by atoms with Crippen molar-refractivity contribution in [2.24, 2.45) is 0 Å². The van der Waals surface area contributed by atoms with Gasteiger partial charge in [-0.1, -0.05) is 35.3 Å². The van der Waals surface area contributed by atoms with E-state index in [-0.39, 0.29) is 29.8 Å². The second-order valence-electron chi connectivity index (χ2n) is 6.62. The highest BCUT2D eigenvalue weighted by molar-refractivity contribution is 6.37. The van der Waals surface area contributed by atoms with Crippen LogP contribution in [0.25, 0.3) is 0 Å². The van der Waals surface area contributed by atoms with E-state index >= 15 is 0 Å². The van der Waals surface area contributed by atoms with E-state index < -0.39 is 5.41 Å². The van der Waals surface area contributed by atoms with Crippen LogP contribution in [-0.2, 0) is 23.2 Å². The fourth-order valence-electron chi connectivity index (χ4n) is 3.54. The Kier molecular flexibility index (Phi) is 5.50. The summed E-state index contributed by atoms with van der Waals surface area (Å²) in [4.78, 5) is 12.9. The Morgan fingerprint density at radius 3 is 2.50 bits per heavy atom. The van der Waals surface area contributed by atoms with Crippen molar-refractivity contribution >= 4 is 47.2 Å². The number of halogens is 4. The van der Waals surface area contributed by atoms with Crippen molar-refractivity contribution in [3.05, 3.63) is 62.9 Å². The summed E-state index contributed by atoms with van der Waals surface area (Å²) in [6, 6.07) is 8.69. The van der Waals surface area contributed by atoms with E-state index in [0.29, 0.717) is 47.0 Å².